The van der Waals surface area contributed by atoms with Crippen LogP contribution in [0.2, 0.25) is 5.02 Å². The van der Waals surface area contributed by atoms with Crippen LogP contribution in [0.25, 0.3) is 0 Å². The first-order valence-electron chi connectivity index (χ1n) is 3.77. The number of oxime groups is 1. The molecule has 0 radical (unpaired) electrons. The number of benzene rings is 1. The van der Waals surface area contributed by atoms with Crippen LogP contribution in [0.5, 0.6) is 5.75 Å². The third-order valence-corrected chi connectivity index (χ3v) is 1.86. The highest BCUT2D eigenvalue weighted by atomic mass is 35.5. The van der Waals surface area contributed by atoms with E-state index in [4.69, 9.17) is 22.5 Å². The lowest BCUT2D eigenvalue weighted by molar-refractivity contribution is -0.0498. The Labute approximate surface area is 88.9 Å². The summed E-state index contributed by atoms with van der Waals surface area (Å²) >= 11 is 5.69. The quantitative estimate of drug-likeness (QED) is 0.365. The summed E-state index contributed by atoms with van der Waals surface area (Å²) in [5, 5.41) is 11.2. The largest absolute Gasteiger partial charge is 0.435 e. The van der Waals surface area contributed by atoms with Crippen LogP contribution in [0, 0.1) is 0 Å². The minimum Gasteiger partial charge on any atom is -0.435 e. The Morgan fingerprint density at radius 2 is 2.20 bits per heavy atom. The molecule has 0 aliphatic heterocycles. The number of ether oxygens (including phenoxy) is 1. The van der Waals surface area contributed by atoms with Gasteiger partial charge in [0.15, 0.2) is 5.84 Å². The van der Waals surface area contributed by atoms with E-state index in [-0.39, 0.29) is 22.2 Å². The summed E-state index contributed by atoms with van der Waals surface area (Å²) in [5.74, 6) is -0.298. The molecule has 0 heterocycles. The molecular weight excluding hydrogens is 230 g/mol. The van der Waals surface area contributed by atoms with Gasteiger partial charge < -0.3 is 15.7 Å². The highest BCUT2D eigenvalue weighted by Crippen LogP contribution is 2.23. The Kier molecular flexibility index (Phi) is 3.68. The zero-order chi connectivity index (χ0) is 11.4. The maximum Gasteiger partial charge on any atom is 0.387 e. The van der Waals surface area contributed by atoms with Gasteiger partial charge in [-0.3, -0.25) is 0 Å². The van der Waals surface area contributed by atoms with Gasteiger partial charge in [0, 0.05) is 5.56 Å². The second-order valence-corrected chi connectivity index (χ2v) is 2.91. The lowest BCUT2D eigenvalue weighted by Crippen LogP contribution is -2.13. The average molecular weight is 237 g/mol. The van der Waals surface area contributed by atoms with Crippen molar-refractivity contribution in [1.82, 2.24) is 0 Å². The maximum absolute atomic E-state index is 11.8. The van der Waals surface area contributed by atoms with Crippen LogP contribution in [0.15, 0.2) is 23.4 Å². The van der Waals surface area contributed by atoms with Gasteiger partial charge in [-0.1, -0.05) is 16.8 Å². The van der Waals surface area contributed by atoms with Gasteiger partial charge >= 0.3 is 6.61 Å². The number of hydrogen-bond donors (Lipinski definition) is 2. The normalized spacial score (nSPS) is 11.9. The van der Waals surface area contributed by atoms with Crippen molar-refractivity contribution in [2.24, 2.45) is 10.9 Å². The summed E-state index contributed by atoms with van der Waals surface area (Å²) in [6.07, 6.45) is 0. The first-order valence-corrected chi connectivity index (χ1v) is 4.14. The first-order chi connectivity index (χ1) is 7.04. The second kappa shape index (κ2) is 4.79. The molecule has 4 nitrogen and oxygen atoms in total. The first kappa shape index (κ1) is 11.5. The standard InChI is InChI=1S/C8H7ClF2N2O2/c9-6-3-4(15-8(10)11)1-2-5(6)7(12)13-14/h1-3,8,14H,(H2,12,13). The molecule has 0 aliphatic rings. The van der Waals surface area contributed by atoms with Gasteiger partial charge in [0.1, 0.15) is 5.75 Å². The minimum atomic E-state index is -2.92. The van der Waals surface area contributed by atoms with Crippen molar-refractivity contribution in [3.63, 3.8) is 0 Å². The molecule has 0 amide bonds. The molecule has 0 atom stereocenters. The molecule has 1 aromatic carbocycles. The van der Waals surface area contributed by atoms with E-state index in [1.165, 1.54) is 12.1 Å². The molecule has 0 spiro atoms. The monoisotopic (exact) mass is 236 g/mol. The van der Waals surface area contributed by atoms with Crippen LogP contribution < -0.4 is 10.5 Å². The second-order valence-electron chi connectivity index (χ2n) is 2.51. The molecule has 3 N–H and O–H groups in total. The van der Waals surface area contributed by atoms with Gasteiger partial charge in [-0.15, -0.1) is 0 Å². The number of nitrogens with zero attached hydrogens (tertiary/aromatic N) is 1. The van der Waals surface area contributed by atoms with E-state index in [2.05, 4.69) is 9.89 Å². The topological polar surface area (TPSA) is 67.8 Å². The summed E-state index contributed by atoms with van der Waals surface area (Å²) in [6.45, 7) is -2.92. The molecule has 0 fully saturated rings. The fourth-order valence-electron chi connectivity index (χ4n) is 0.934. The third-order valence-electron chi connectivity index (χ3n) is 1.55. The van der Waals surface area contributed by atoms with Crippen molar-refractivity contribution in [3.8, 4) is 5.75 Å². The number of alkyl halides is 2. The minimum absolute atomic E-state index is 0.0588. The number of amidine groups is 1. The third kappa shape index (κ3) is 2.95. The molecular formula is C8H7ClF2N2O2. The summed E-state index contributed by atoms with van der Waals surface area (Å²) in [4.78, 5) is 0. The zero-order valence-electron chi connectivity index (χ0n) is 7.32. The van der Waals surface area contributed by atoms with Crippen LogP contribution >= 0.6 is 11.6 Å². The van der Waals surface area contributed by atoms with E-state index < -0.39 is 6.61 Å². The summed E-state index contributed by atoms with van der Waals surface area (Å²) in [7, 11) is 0. The number of halogens is 3. The van der Waals surface area contributed by atoms with Crippen LogP contribution in [0.3, 0.4) is 0 Å². The molecule has 0 saturated carbocycles. The number of nitrogens with two attached hydrogens (primary N) is 1. The fourth-order valence-corrected chi connectivity index (χ4v) is 1.20. The van der Waals surface area contributed by atoms with Gasteiger partial charge in [0.2, 0.25) is 0 Å². The van der Waals surface area contributed by atoms with Crippen molar-refractivity contribution >= 4 is 17.4 Å². The molecule has 15 heavy (non-hydrogen) atoms. The zero-order valence-corrected chi connectivity index (χ0v) is 8.08. The van der Waals surface area contributed by atoms with Crippen molar-refractivity contribution in [1.29, 1.82) is 0 Å². The van der Waals surface area contributed by atoms with E-state index in [1.807, 2.05) is 0 Å². The summed E-state index contributed by atoms with van der Waals surface area (Å²) in [5.41, 5.74) is 5.51. The van der Waals surface area contributed by atoms with Gasteiger partial charge in [0.25, 0.3) is 0 Å². The Morgan fingerprint density at radius 3 is 2.67 bits per heavy atom. The Bertz CT molecular complexity index is 385. The smallest absolute Gasteiger partial charge is 0.387 e. The van der Waals surface area contributed by atoms with Gasteiger partial charge in [-0.2, -0.15) is 8.78 Å². The van der Waals surface area contributed by atoms with Crippen LogP contribution in [0.1, 0.15) is 5.56 Å². The predicted molar refractivity (Wildman–Crippen MR) is 50.6 cm³/mol. The molecule has 1 rings (SSSR count). The Balaban J connectivity index is 2.98. The van der Waals surface area contributed by atoms with Crippen molar-refractivity contribution < 1.29 is 18.7 Å². The van der Waals surface area contributed by atoms with Gasteiger partial charge in [-0.05, 0) is 18.2 Å². The molecule has 7 heteroatoms. The van der Waals surface area contributed by atoms with Crippen molar-refractivity contribution in [3.05, 3.63) is 28.8 Å². The van der Waals surface area contributed by atoms with Crippen LogP contribution in [-0.4, -0.2) is 17.7 Å². The molecule has 0 bridgehead atoms. The molecule has 0 aliphatic carbocycles. The van der Waals surface area contributed by atoms with E-state index in [0.29, 0.717) is 0 Å². The number of rotatable bonds is 3. The Morgan fingerprint density at radius 1 is 1.53 bits per heavy atom. The molecule has 0 unspecified atom stereocenters. The van der Waals surface area contributed by atoms with E-state index in [9.17, 15) is 8.78 Å². The van der Waals surface area contributed by atoms with Gasteiger partial charge in [-0.25, -0.2) is 0 Å². The van der Waals surface area contributed by atoms with Crippen molar-refractivity contribution in [2.45, 2.75) is 6.61 Å². The van der Waals surface area contributed by atoms with Gasteiger partial charge in [0.05, 0.1) is 5.02 Å². The van der Waals surface area contributed by atoms with Crippen LogP contribution in [-0.2, 0) is 0 Å². The van der Waals surface area contributed by atoms with E-state index >= 15 is 0 Å². The highest BCUT2D eigenvalue weighted by molar-refractivity contribution is 6.34. The van der Waals surface area contributed by atoms with Crippen molar-refractivity contribution in [2.75, 3.05) is 0 Å². The molecule has 0 saturated heterocycles. The SMILES string of the molecule is N/C(=N/O)c1ccc(OC(F)F)cc1Cl. The predicted octanol–water partition coefficient (Wildman–Crippen LogP) is 2.04. The molecule has 0 aromatic heterocycles. The lowest BCUT2D eigenvalue weighted by atomic mass is 10.2. The van der Waals surface area contributed by atoms with E-state index in [0.717, 1.165) is 6.07 Å². The number of hydrogen-bond acceptors (Lipinski definition) is 3. The highest BCUT2D eigenvalue weighted by Gasteiger charge is 2.09. The lowest BCUT2D eigenvalue weighted by Gasteiger charge is -2.06. The maximum atomic E-state index is 11.8. The summed E-state index contributed by atoms with van der Waals surface area (Å²) in [6, 6.07) is 3.71. The Hall–Kier alpha value is -1.56. The molecule has 82 valence electrons. The van der Waals surface area contributed by atoms with E-state index in [1.54, 1.807) is 0 Å². The van der Waals surface area contributed by atoms with Crippen LogP contribution in [0.4, 0.5) is 8.78 Å². The molecule has 1 aromatic rings. The fraction of sp³-hybridized carbons (Fsp3) is 0.125. The average Bonchev–Trinajstić information content (AvgIpc) is 2.16. The summed E-state index contributed by atoms with van der Waals surface area (Å²) < 4.78 is 27.7.